The molecule has 16 heavy (non-hydrogen) atoms. The van der Waals surface area contributed by atoms with Crippen LogP contribution in [0.1, 0.15) is 11.5 Å². The standard InChI is InChI=1S/C11H15N5/c1-9-8-11(15-10(2)14-9)12-5-7-16-6-3-4-13-16/h3-4,6,8H,5,7H2,1-2H3,(H,12,14,15). The predicted octanol–water partition coefficient (Wildman–Crippen LogP) is 1.40. The van der Waals surface area contributed by atoms with E-state index in [2.05, 4.69) is 20.4 Å². The fourth-order valence-electron chi connectivity index (χ4n) is 1.54. The van der Waals surface area contributed by atoms with Crippen LogP contribution in [-0.4, -0.2) is 26.3 Å². The smallest absolute Gasteiger partial charge is 0.129 e. The van der Waals surface area contributed by atoms with Crippen LogP contribution >= 0.6 is 0 Å². The summed E-state index contributed by atoms with van der Waals surface area (Å²) >= 11 is 0. The molecule has 0 radical (unpaired) electrons. The maximum absolute atomic E-state index is 4.30. The van der Waals surface area contributed by atoms with Gasteiger partial charge in [0.15, 0.2) is 0 Å². The first-order valence-corrected chi connectivity index (χ1v) is 5.27. The Balaban J connectivity index is 1.89. The summed E-state index contributed by atoms with van der Waals surface area (Å²) in [5.41, 5.74) is 0.981. The van der Waals surface area contributed by atoms with Crippen LogP contribution in [-0.2, 0) is 6.54 Å². The summed E-state index contributed by atoms with van der Waals surface area (Å²) < 4.78 is 1.88. The van der Waals surface area contributed by atoms with Crippen LogP contribution in [0, 0.1) is 13.8 Å². The number of anilines is 1. The van der Waals surface area contributed by atoms with Crippen LogP contribution < -0.4 is 5.32 Å². The summed E-state index contributed by atoms with van der Waals surface area (Å²) in [7, 11) is 0. The second kappa shape index (κ2) is 4.74. The molecule has 0 fully saturated rings. The zero-order valence-corrected chi connectivity index (χ0v) is 9.51. The zero-order valence-electron chi connectivity index (χ0n) is 9.51. The highest BCUT2D eigenvalue weighted by atomic mass is 15.3. The van der Waals surface area contributed by atoms with Gasteiger partial charge < -0.3 is 5.32 Å². The Labute approximate surface area is 94.5 Å². The quantitative estimate of drug-likeness (QED) is 0.841. The summed E-state index contributed by atoms with van der Waals surface area (Å²) in [6.07, 6.45) is 3.72. The van der Waals surface area contributed by atoms with Crippen LogP contribution in [0.4, 0.5) is 5.82 Å². The normalized spacial score (nSPS) is 10.4. The molecule has 0 atom stereocenters. The van der Waals surface area contributed by atoms with Crippen LogP contribution in [0.2, 0.25) is 0 Å². The van der Waals surface area contributed by atoms with Crippen LogP contribution in [0.3, 0.4) is 0 Å². The van der Waals surface area contributed by atoms with E-state index in [0.717, 1.165) is 30.4 Å². The minimum atomic E-state index is 0.793. The Morgan fingerprint density at radius 3 is 2.88 bits per heavy atom. The Bertz CT molecular complexity index is 429. The summed E-state index contributed by atoms with van der Waals surface area (Å²) in [4.78, 5) is 8.52. The molecular weight excluding hydrogens is 202 g/mol. The van der Waals surface area contributed by atoms with Crippen molar-refractivity contribution in [3.8, 4) is 0 Å². The van der Waals surface area contributed by atoms with E-state index in [-0.39, 0.29) is 0 Å². The van der Waals surface area contributed by atoms with Gasteiger partial charge in [-0.3, -0.25) is 4.68 Å². The first-order chi connectivity index (χ1) is 7.74. The van der Waals surface area contributed by atoms with E-state index in [4.69, 9.17) is 0 Å². The lowest BCUT2D eigenvalue weighted by Crippen LogP contribution is -2.12. The highest BCUT2D eigenvalue weighted by Gasteiger charge is 1.97. The molecule has 2 aromatic rings. The number of nitrogens with zero attached hydrogens (tertiary/aromatic N) is 4. The molecule has 0 saturated carbocycles. The molecule has 2 heterocycles. The maximum Gasteiger partial charge on any atom is 0.129 e. The van der Waals surface area contributed by atoms with Gasteiger partial charge in [-0.05, 0) is 19.9 Å². The Morgan fingerprint density at radius 1 is 1.31 bits per heavy atom. The fourth-order valence-corrected chi connectivity index (χ4v) is 1.54. The molecule has 2 rings (SSSR count). The molecule has 0 spiro atoms. The summed E-state index contributed by atoms with van der Waals surface area (Å²) in [5, 5.41) is 7.38. The zero-order chi connectivity index (χ0) is 11.4. The van der Waals surface area contributed by atoms with Crippen molar-refractivity contribution >= 4 is 5.82 Å². The van der Waals surface area contributed by atoms with E-state index in [9.17, 15) is 0 Å². The fraction of sp³-hybridized carbons (Fsp3) is 0.364. The second-order valence-corrected chi connectivity index (χ2v) is 3.64. The number of hydrogen-bond acceptors (Lipinski definition) is 4. The van der Waals surface area contributed by atoms with Crippen molar-refractivity contribution in [1.82, 2.24) is 19.7 Å². The predicted molar refractivity (Wildman–Crippen MR) is 62.2 cm³/mol. The molecule has 0 bridgehead atoms. The molecular formula is C11H15N5. The van der Waals surface area contributed by atoms with Crippen molar-refractivity contribution in [3.05, 3.63) is 36.0 Å². The number of hydrogen-bond donors (Lipinski definition) is 1. The van der Waals surface area contributed by atoms with E-state index in [0.29, 0.717) is 0 Å². The van der Waals surface area contributed by atoms with Gasteiger partial charge in [-0.1, -0.05) is 0 Å². The minimum Gasteiger partial charge on any atom is -0.368 e. The molecule has 0 amide bonds. The van der Waals surface area contributed by atoms with E-state index >= 15 is 0 Å². The van der Waals surface area contributed by atoms with E-state index in [1.54, 1.807) is 6.20 Å². The Hall–Kier alpha value is -1.91. The van der Waals surface area contributed by atoms with Gasteiger partial charge in [-0.2, -0.15) is 5.10 Å². The molecule has 5 nitrogen and oxygen atoms in total. The molecule has 0 unspecified atom stereocenters. The SMILES string of the molecule is Cc1cc(NCCn2cccn2)nc(C)n1. The van der Waals surface area contributed by atoms with Crippen molar-refractivity contribution in [2.24, 2.45) is 0 Å². The van der Waals surface area contributed by atoms with Crippen LogP contribution in [0.15, 0.2) is 24.5 Å². The molecule has 84 valence electrons. The van der Waals surface area contributed by atoms with Gasteiger partial charge in [0.1, 0.15) is 11.6 Å². The second-order valence-electron chi connectivity index (χ2n) is 3.64. The number of aryl methyl sites for hydroxylation is 2. The summed E-state index contributed by atoms with van der Waals surface area (Å²) in [6, 6.07) is 3.86. The van der Waals surface area contributed by atoms with Crippen molar-refractivity contribution in [2.45, 2.75) is 20.4 Å². The van der Waals surface area contributed by atoms with Crippen molar-refractivity contribution in [1.29, 1.82) is 0 Å². The van der Waals surface area contributed by atoms with Crippen molar-refractivity contribution < 1.29 is 0 Å². The highest BCUT2D eigenvalue weighted by molar-refractivity contribution is 5.35. The van der Waals surface area contributed by atoms with Crippen molar-refractivity contribution in [2.75, 3.05) is 11.9 Å². The molecule has 0 saturated heterocycles. The average Bonchev–Trinajstić information content (AvgIpc) is 2.69. The lowest BCUT2D eigenvalue weighted by Gasteiger charge is -2.07. The maximum atomic E-state index is 4.30. The van der Waals surface area contributed by atoms with E-state index in [1.807, 2.05) is 36.9 Å². The number of rotatable bonds is 4. The highest BCUT2D eigenvalue weighted by Crippen LogP contribution is 2.04. The van der Waals surface area contributed by atoms with Gasteiger partial charge in [0.25, 0.3) is 0 Å². The van der Waals surface area contributed by atoms with Gasteiger partial charge in [0.05, 0.1) is 6.54 Å². The van der Waals surface area contributed by atoms with E-state index < -0.39 is 0 Å². The van der Waals surface area contributed by atoms with Gasteiger partial charge in [-0.25, -0.2) is 9.97 Å². The topological polar surface area (TPSA) is 55.6 Å². The van der Waals surface area contributed by atoms with E-state index in [1.165, 1.54) is 0 Å². The van der Waals surface area contributed by atoms with Crippen LogP contribution in [0.5, 0.6) is 0 Å². The summed E-state index contributed by atoms with van der Waals surface area (Å²) in [6.45, 7) is 5.49. The molecule has 0 aliphatic carbocycles. The molecule has 1 N–H and O–H groups in total. The molecule has 5 heteroatoms. The molecule has 2 aromatic heterocycles. The largest absolute Gasteiger partial charge is 0.368 e. The monoisotopic (exact) mass is 217 g/mol. The summed E-state index contributed by atoms with van der Waals surface area (Å²) in [5.74, 6) is 1.67. The third-order valence-corrected chi connectivity index (χ3v) is 2.17. The van der Waals surface area contributed by atoms with Gasteiger partial charge in [0, 0.05) is 30.7 Å². The third kappa shape index (κ3) is 2.79. The Kier molecular flexibility index (Phi) is 3.14. The lowest BCUT2D eigenvalue weighted by molar-refractivity contribution is 0.637. The molecule has 0 aliphatic heterocycles. The van der Waals surface area contributed by atoms with Gasteiger partial charge in [0.2, 0.25) is 0 Å². The minimum absolute atomic E-state index is 0.793. The van der Waals surface area contributed by atoms with Gasteiger partial charge >= 0.3 is 0 Å². The average molecular weight is 217 g/mol. The Morgan fingerprint density at radius 2 is 2.19 bits per heavy atom. The lowest BCUT2D eigenvalue weighted by atomic mass is 10.4. The number of aromatic nitrogens is 4. The number of nitrogens with one attached hydrogen (secondary N) is 1. The van der Waals surface area contributed by atoms with Gasteiger partial charge in [-0.15, -0.1) is 0 Å². The molecule has 0 aliphatic rings. The third-order valence-electron chi connectivity index (χ3n) is 2.17. The first-order valence-electron chi connectivity index (χ1n) is 5.27. The van der Waals surface area contributed by atoms with Crippen molar-refractivity contribution in [3.63, 3.8) is 0 Å². The molecule has 0 aromatic carbocycles. The van der Waals surface area contributed by atoms with Crippen LogP contribution in [0.25, 0.3) is 0 Å². The first kappa shape index (κ1) is 10.6.